The van der Waals surface area contributed by atoms with Crippen LogP contribution in [0.15, 0.2) is 53.4 Å². The molecule has 3 rings (SSSR count). The van der Waals surface area contributed by atoms with E-state index in [1.54, 1.807) is 30.3 Å². The number of hydrogen-bond donors (Lipinski definition) is 2. The molecule has 0 radical (unpaired) electrons. The van der Waals surface area contributed by atoms with Crippen molar-refractivity contribution in [2.24, 2.45) is 0 Å². The van der Waals surface area contributed by atoms with Crippen LogP contribution in [0.3, 0.4) is 0 Å². The minimum absolute atomic E-state index is 0.0620. The Labute approximate surface area is 179 Å². The van der Waals surface area contributed by atoms with Crippen LogP contribution in [0.2, 0.25) is 0 Å². The fourth-order valence-corrected chi connectivity index (χ4v) is 4.83. The number of benzene rings is 2. The lowest BCUT2D eigenvalue weighted by Crippen LogP contribution is -2.53. The van der Waals surface area contributed by atoms with E-state index in [0.717, 1.165) is 18.7 Å². The molecule has 0 aromatic heterocycles. The summed E-state index contributed by atoms with van der Waals surface area (Å²) in [5, 5.41) is 2.98. The molecule has 0 atom stereocenters. The van der Waals surface area contributed by atoms with Gasteiger partial charge in [-0.1, -0.05) is 24.6 Å². The highest BCUT2D eigenvalue weighted by Gasteiger charge is 2.28. The summed E-state index contributed by atoms with van der Waals surface area (Å²) >= 11 is 0. The smallest absolute Gasteiger partial charge is 0.261 e. The first kappa shape index (κ1) is 22.3. The third-order valence-corrected chi connectivity index (χ3v) is 6.95. The molecule has 2 N–H and O–H groups in total. The van der Waals surface area contributed by atoms with Gasteiger partial charge in [-0.2, -0.15) is 0 Å². The number of carbonyl (C=O) groups is 1. The van der Waals surface area contributed by atoms with Crippen LogP contribution in [-0.2, 0) is 10.0 Å². The van der Waals surface area contributed by atoms with Crippen molar-refractivity contribution in [2.75, 3.05) is 24.4 Å². The van der Waals surface area contributed by atoms with Gasteiger partial charge in [-0.15, -0.1) is 0 Å². The summed E-state index contributed by atoms with van der Waals surface area (Å²) in [5.74, 6) is -0.271. The van der Waals surface area contributed by atoms with Gasteiger partial charge in [-0.3, -0.25) is 14.4 Å². The summed E-state index contributed by atoms with van der Waals surface area (Å²) in [4.78, 5) is 15.2. The van der Waals surface area contributed by atoms with Crippen LogP contribution in [0.1, 0.15) is 49.0 Å². The van der Waals surface area contributed by atoms with Crippen molar-refractivity contribution in [2.45, 2.75) is 50.5 Å². The van der Waals surface area contributed by atoms with Crippen LogP contribution < -0.4 is 10.0 Å². The number of rotatable bonds is 7. The van der Waals surface area contributed by atoms with Crippen molar-refractivity contribution in [3.05, 3.63) is 59.7 Å². The Morgan fingerprint density at radius 1 is 1.03 bits per heavy atom. The van der Waals surface area contributed by atoms with Crippen LogP contribution in [0.4, 0.5) is 5.69 Å². The molecule has 0 aliphatic carbocycles. The largest absolute Gasteiger partial charge is 0.350 e. The minimum Gasteiger partial charge on any atom is -0.350 e. The maximum atomic E-state index is 12.8. The molecular weight excluding hydrogens is 398 g/mol. The standard InChI is InChI=1S/C23H31N3O3S/c1-18-9-7-11-20(15-18)25-30(28,29)21-12-8-10-19(16-21)22(27)24-17-23(2,3)26-13-5-4-6-14-26/h7-12,15-16,25H,4-6,13-14,17H2,1-3H3,(H,24,27). The number of anilines is 1. The molecule has 1 saturated heterocycles. The molecule has 1 aliphatic heterocycles. The lowest BCUT2D eigenvalue weighted by molar-refractivity contribution is 0.0797. The first-order chi connectivity index (χ1) is 14.2. The van der Waals surface area contributed by atoms with Crippen LogP contribution in [0, 0.1) is 6.92 Å². The third kappa shape index (κ3) is 5.61. The van der Waals surface area contributed by atoms with Gasteiger partial charge in [-0.05, 0) is 82.6 Å². The minimum atomic E-state index is -3.78. The van der Waals surface area contributed by atoms with E-state index in [1.165, 1.54) is 31.4 Å². The molecule has 30 heavy (non-hydrogen) atoms. The molecule has 0 bridgehead atoms. The average molecular weight is 430 g/mol. The van der Waals surface area contributed by atoms with Gasteiger partial charge in [0.25, 0.3) is 15.9 Å². The van der Waals surface area contributed by atoms with E-state index >= 15 is 0 Å². The third-order valence-electron chi connectivity index (χ3n) is 5.57. The summed E-state index contributed by atoms with van der Waals surface area (Å²) in [6, 6.07) is 13.3. The second kappa shape index (κ2) is 9.18. The Bertz CT molecular complexity index is 996. The summed E-state index contributed by atoms with van der Waals surface area (Å²) in [5.41, 5.74) is 1.64. The molecule has 2 aromatic rings. The van der Waals surface area contributed by atoms with E-state index in [1.807, 2.05) is 13.0 Å². The number of aryl methyl sites for hydroxylation is 1. The lowest BCUT2D eigenvalue weighted by Gasteiger charge is -2.41. The zero-order valence-corrected chi connectivity index (χ0v) is 18.8. The summed E-state index contributed by atoms with van der Waals surface area (Å²) < 4.78 is 28.1. The molecule has 2 aromatic carbocycles. The second-order valence-electron chi connectivity index (χ2n) is 8.55. The fourth-order valence-electron chi connectivity index (χ4n) is 3.74. The highest BCUT2D eigenvalue weighted by atomic mass is 32.2. The Morgan fingerprint density at radius 3 is 2.43 bits per heavy atom. The first-order valence-corrected chi connectivity index (χ1v) is 11.9. The summed E-state index contributed by atoms with van der Waals surface area (Å²) in [7, 11) is -3.78. The number of sulfonamides is 1. The van der Waals surface area contributed by atoms with Crippen LogP contribution in [0.5, 0.6) is 0 Å². The quantitative estimate of drug-likeness (QED) is 0.702. The topological polar surface area (TPSA) is 78.5 Å². The van der Waals surface area contributed by atoms with Crippen molar-refractivity contribution >= 4 is 21.6 Å². The van der Waals surface area contributed by atoms with E-state index in [2.05, 4.69) is 28.8 Å². The number of piperidine rings is 1. The van der Waals surface area contributed by atoms with Crippen LogP contribution in [0.25, 0.3) is 0 Å². The van der Waals surface area contributed by atoms with Crippen molar-refractivity contribution in [3.63, 3.8) is 0 Å². The van der Waals surface area contributed by atoms with Crippen LogP contribution >= 0.6 is 0 Å². The molecule has 1 fully saturated rings. The molecule has 1 aliphatic rings. The van der Waals surface area contributed by atoms with Gasteiger partial charge < -0.3 is 5.32 Å². The van der Waals surface area contributed by atoms with E-state index < -0.39 is 10.0 Å². The zero-order chi connectivity index (χ0) is 21.8. The molecule has 7 heteroatoms. The van der Waals surface area contributed by atoms with Gasteiger partial charge in [0.15, 0.2) is 0 Å². The molecule has 1 heterocycles. The lowest BCUT2D eigenvalue weighted by atomic mass is 9.98. The normalized spacial score (nSPS) is 15.6. The molecular formula is C23H31N3O3S. The van der Waals surface area contributed by atoms with Crippen molar-refractivity contribution in [1.29, 1.82) is 0 Å². The number of nitrogens with zero attached hydrogens (tertiary/aromatic N) is 1. The van der Waals surface area contributed by atoms with Gasteiger partial charge in [0.2, 0.25) is 0 Å². The number of likely N-dealkylation sites (tertiary alicyclic amines) is 1. The molecule has 0 unspecified atom stereocenters. The zero-order valence-electron chi connectivity index (χ0n) is 17.9. The van der Waals surface area contributed by atoms with Gasteiger partial charge in [-0.25, -0.2) is 8.42 Å². The maximum Gasteiger partial charge on any atom is 0.261 e. The van der Waals surface area contributed by atoms with Crippen molar-refractivity contribution < 1.29 is 13.2 Å². The van der Waals surface area contributed by atoms with E-state index in [-0.39, 0.29) is 16.3 Å². The predicted molar refractivity (Wildman–Crippen MR) is 120 cm³/mol. The van der Waals surface area contributed by atoms with Gasteiger partial charge >= 0.3 is 0 Å². The number of hydrogen-bond acceptors (Lipinski definition) is 4. The number of carbonyl (C=O) groups excluding carboxylic acids is 1. The predicted octanol–water partition coefficient (Wildman–Crippen LogP) is 3.79. The summed E-state index contributed by atoms with van der Waals surface area (Å²) in [6.07, 6.45) is 3.63. The monoisotopic (exact) mass is 429 g/mol. The fraction of sp³-hybridized carbons (Fsp3) is 0.435. The maximum absolute atomic E-state index is 12.8. The second-order valence-corrected chi connectivity index (χ2v) is 10.2. The SMILES string of the molecule is Cc1cccc(NS(=O)(=O)c2cccc(C(=O)NCC(C)(C)N3CCCCC3)c2)c1. The highest BCUT2D eigenvalue weighted by molar-refractivity contribution is 7.92. The molecule has 0 spiro atoms. The first-order valence-electron chi connectivity index (χ1n) is 10.4. The van der Waals surface area contributed by atoms with E-state index in [4.69, 9.17) is 0 Å². The van der Waals surface area contributed by atoms with E-state index in [0.29, 0.717) is 17.8 Å². The highest BCUT2D eigenvalue weighted by Crippen LogP contribution is 2.21. The van der Waals surface area contributed by atoms with Crippen molar-refractivity contribution in [3.8, 4) is 0 Å². The Kier molecular flexibility index (Phi) is 6.83. The number of amides is 1. The Hall–Kier alpha value is -2.38. The van der Waals surface area contributed by atoms with Crippen LogP contribution in [-0.4, -0.2) is 44.4 Å². The van der Waals surface area contributed by atoms with Gasteiger partial charge in [0.05, 0.1) is 4.90 Å². The van der Waals surface area contributed by atoms with Gasteiger partial charge in [0.1, 0.15) is 0 Å². The summed E-state index contributed by atoms with van der Waals surface area (Å²) in [6.45, 7) is 8.75. The average Bonchev–Trinajstić information content (AvgIpc) is 2.72. The van der Waals surface area contributed by atoms with Crippen molar-refractivity contribution in [1.82, 2.24) is 10.2 Å². The molecule has 0 saturated carbocycles. The van der Waals surface area contributed by atoms with E-state index in [9.17, 15) is 13.2 Å². The molecule has 6 nitrogen and oxygen atoms in total. The van der Waals surface area contributed by atoms with Gasteiger partial charge in [0, 0.05) is 23.3 Å². The Balaban J connectivity index is 1.68. The number of nitrogens with one attached hydrogen (secondary N) is 2. The molecule has 1 amide bonds. The Morgan fingerprint density at radius 2 is 1.73 bits per heavy atom. The molecule has 162 valence electrons.